The highest BCUT2D eigenvalue weighted by Crippen LogP contribution is 2.27. The summed E-state index contributed by atoms with van der Waals surface area (Å²) >= 11 is 0. The first-order valence-electron chi connectivity index (χ1n) is 6.28. The molecule has 102 valence electrons. The van der Waals surface area contributed by atoms with Crippen LogP contribution in [0.25, 0.3) is 0 Å². The van der Waals surface area contributed by atoms with Crippen molar-refractivity contribution in [2.24, 2.45) is 0 Å². The fourth-order valence-electron chi connectivity index (χ4n) is 1.54. The minimum absolute atomic E-state index is 0.321. The molecule has 0 saturated heterocycles. The third kappa shape index (κ3) is 4.84. The first-order chi connectivity index (χ1) is 8.69. The molecule has 1 N–H and O–H groups in total. The molecule has 0 bridgehead atoms. The molecule has 1 rings (SSSR count). The van der Waals surface area contributed by atoms with E-state index in [1.54, 1.807) is 14.2 Å². The average molecular weight is 253 g/mol. The number of hydrogen-bond acceptors (Lipinski definition) is 4. The van der Waals surface area contributed by atoms with Crippen LogP contribution < -0.4 is 19.5 Å². The molecule has 0 spiro atoms. The molecular formula is C14H23NO3. The Kier molecular flexibility index (Phi) is 6.36. The monoisotopic (exact) mass is 253 g/mol. The second kappa shape index (κ2) is 7.82. The van der Waals surface area contributed by atoms with Gasteiger partial charge >= 0.3 is 0 Å². The van der Waals surface area contributed by atoms with E-state index in [0.29, 0.717) is 12.6 Å². The highest BCUT2D eigenvalue weighted by Gasteiger charge is 2.05. The van der Waals surface area contributed by atoms with Crippen molar-refractivity contribution in [3.8, 4) is 17.2 Å². The van der Waals surface area contributed by atoms with Gasteiger partial charge in [-0.3, -0.25) is 0 Å². The molecule has 1 unspecified atom stereocenters. The van der Waals surface area contributed by atoms with Gasteiger partial charge in [0.2, 0.25) is 0 Å². The summed E-state index contributed by atoms with van der Waals surface area (Å²) in [7, 11) is 3.26. The fourth-order valence-corrected chi connectivity index (χ4v) is 1.54. The van der Waals surface area contributed by atoms with Gasteiger partial charge in [0.05, 0.1) is 14.2 Å². The van der Waals surface area contributed by atoms with Crippen LogP contribution in [0.15, 0.2) is 18.2 Å². The maximum absolute atomic E-state index is 5.73. The van der Waals surface area contributed by atoms with E-state index in [1.807, 2.05) is 18.2 Å². The Bertz CT molecular complexity index is 333. The van der Waals surface area contributed by atoms with Gasteiger partial charge in [-0.2, -0.15) is 0 Å². The molecular weight excluding hydrogens is 230 g/mol. The summed E-state index contributed by atoms with van der Waals surface area (Å²) in [5.41, 5.74) is 0. The van der Waals surface area contributed by atoms with Crippen LogP contribution in [0.1, 0.15) is 20.3 Å². The van der Waals surface area contributed by atoms with E-state index < -0.39 is 0 Å². The first-order valence-corrected chi connectivity index (χ1v) is 6.28. The summed E-state index contributed by atoms with van der Waals surface area (Å²) in [5.74, 6) is 2.23. The number of hydrogen-bond donors (Lipinski definition) is 1. The summed E-state index contributed by atoms with van der Waals surface area (Å²) in [5, 5.41) is 3.37. The van der Waals surface area contributed by atoms with Crippen molar-refractivity contribution in [1.29, 1.82) is 0 Å². The van der Waals surface area contributed by atoms with Gasteiger partial charge in [0.1, 0.15) is 23.9 Å². The Morgan fingerprint density at radius 1 is 1.06 bits per heavy atom. The molecule has 4 nitrogen and oxygen atoms in total. The third-order valence-electron chi connectivity index (χ3n) is 2.57. The third-order valence-corrected chi connectivity index (χ3v) is 2.57. The summed E-state index contributed by atoms with van der Waals surface area (Å²) in [6, 6.07) is 5.86. The lowest BCUT2D eigenvalue weighted by Gasteiger charge is -2.15. The first kappa shape index (κ1) is 14.6. The number of ether oxygens (including phenoxy) is 3. The van der Waals surface area contributed by atoms with Crippen LogP contribution >= 0.6 is 0 Å². The summed E-state index contributed by atoms with van der Waals surface area (Å²) < 4.78 is 16.1. The SMILES string of the molecule is CCCNC(C)COc1cc(OC)cc(OC)c1. The minimum Gasteiger partial charge on any atom is -0.496 e. The van der Waals surface area contributed by atoms with E-state index in [0.717, 1.165) is 30.2 Å². The van der Waals surface area contributed by atoms with Crippen LogP contribution in [0.2, 0.25) is 0 Å². The standard InChI is InChI=1S/C14H23NO3/c1-5-6-15-11(2)10-18-14-8-12(16-3)7-13(9-14)17-4/h7-9,11,15H,5-6,10H2,1-4H3. The van der Waals surface area contributed by atoms with Gasteiger partial charge in [-0.05, 0) is 19.9 Å². The molecule has 1 aromatic rings. The number of methoxy groups -OCH3 is 2. The molecule has 0 aliphatic rings. The van der Waals surface area contributed by atoms with Crippen LogP contribution in [-0.4, -0.2) is 33.4 Å². The predicted molar refractivity (Wildman–Crippen MR) is 72.8 cm³/mol. The van der Waals surface area contributed by atoms with Gasteiger partial charge in [-0.25, -0.2) is 0 Å². The summed E-state index contributed by atoms with van der Waals surface area (Å²) in [6.45, 7) is 5.88. The normalized spacial score (nSPS) is 12.0. The van der Waals surface area contributed by atoms with E-state index in [9.17, 15) is 0 Å². The van der Waals surface area contributed by atoms with Crippen molar-refractivity contribution in [3.63, 3.8) is 0 Å². The molecule has 1 aromatic carbocycles. The molecule has 1 atom stereocenters. The molecule has 0 aliphatic carbocycles. The zero-order valence-corrected chi connectivity index (χ0v) is 11.7. The van der Waals surface area contributed by atoms with Crippen molar-refractivity contribution in [3.05, 3.63) is 18.2 Å². The zero-order chi connectivity index (χ0) is 13.4. The average Bonchev–Trinajstić information content (AvgIpc) is 2.42. The molecule has 0 aliphatic heterocycles. The van der Waals surface area contributed by atoms with Crippen LogP contribution in [0, 0.1) is 0 Å². The lowest BCUT2D eigenvalue weighted by atomic mass is 10.3. The molecule has 0 aromatic heterocycles. The van der Waals surface area contributed by atoms with E-state index in [-0.39, 0.29) is 0 Å². The van der Waals surface area contributed by atoms with E-state index >= 15 is 0 Å². The topological polar surface area (TPSA) is 39.7 Å². The van der Waals surface area contributed by atoms with Crippen LogP contribution in [0.5, 0.6) is 17.2 Å². The smallest absolute Gasteiger partial charge is 0.126 e. The van der Waals surface area contributed by atoms with Crippen molar-refractivity contribution in [2.45, 2.75) is 26.3 Å². The lowest BCUT2D eigenvalue weighted by molar-refractivity contribution is 0.270. The second-order valence-corrected chi connectivity index (χ2v) is 4.21. The van der Waals surface area contributed by atoms with E-state index in [1.165, 1.54) is 0 Å². The molecule has 0 radical (unpaired) electrons. The summed E-state index contributed by atoms with van der Waals surface area (Å²) in [4.78, 5) is 0. The van der Waals surface area contributed by atoms with Gasteiger partial charge in [0, 0.05) is 24.2 Å². The van der Waals surface area contributed by atoms with Gasteiger partial charge in [-0.15, -0.1) is 0 Å². The van der Waals surface area contributed by atoms with Gasteiger partial charge in [0.15, 0.2) is 0 Å². The minimum atomic E-state index is 0.321. The number of nitrogens with one attached hydrogen (secondary N) is 1. The Morgan fingerprint density at radius 3 is 2.11 bits per heavy atom. The Hall–Kier alpha value is -1.42. The van der Waals surface area contributed by atoms with Crippen LogP contribution in [0.3, 0.4) is 0 Å². The van der Waals surface area contributed by atoms with E-state index in [4.69, 9.17) is 14.2 Å². The molecule has 18 heavy (non-hydrogen) atoms. The fraction of sp³-hybridized carbons (Fsp3) is 0.571. The lowest BCUT2D eigenvalue weighted by Crippen LogP contribution is -2.32. The van der Waals surface area contributed by atoms with E-state index in [2.05, 4.69) is 19.2 Å². The Balaban J connectivity index is 2.55. The Labute approximate surface area is 109 Å². The van der Waals surface area contributed by atoms with Gasteiger partial charge < -0.3 is 19.5 Å². The molecule has 0 amide bonds. The molecule has 0 saturated carbocycles. The van der Waals surface area contributed by atoms with Gasteiger partial charge in [-0.1, -0.05) is 6.92 Å². The Morgan fingerprint density at radius 2 is 1.61 bits per heavy atom. The number of rotatable bonds is 8. The van der Waals surface area contributed by atoms with Gasteiger partial charge in [0.25, 0.3) is 0 Å². The quantitative estimate of drug-likeness (QED) is 0.772. The van der Waals surface area contributed by atoms with Crippen molar-refractivity contribution in [1.82, 2.24) is 5.32 Å². The molecule has 0 heterocycles. The molecule has 4 heteroatoms. The van der Waals surface area contributed by atoms with Crippen LogP contribution in [-0.2, 0) is 0 Å². The zero-order valence-electron chi connectivity index (χ0n) is 11.7. The highest BCUT2D eigenvalue weighted by atomic mass is 16.5. The second-order valence-electron chi connectivity index (χ2n) is 4.21. The summed E-state index contributed by atoms with van der Waals surface area (Å²) in [6.07, 6.45) is 1.12. The van der Waals surface area contributed by atoms with Crippen molar-refractivity contribution < 1.29 is 14.2 Å². The maximum Gasteiger partial charge on any atom is 0.126 e. The van der Waals surface area contributed by atoms with Crippen molar-refractivity contribution in [2.75, 3.05) is 27.4 Å². The van der Waals surface area contributed by atoms with Crippen LogP contribution in [0.4, 0.5) is 0 Å². The number of benzene rings is 1. The largest absolute Gasteiger partial charge is 0.496 e. The van der Waals surface area contributed by atoms with Crippen molar-refractivity contribution >= 4 is 0 Å². The molecule has 0 fully saturated rings. The highest BCUT2D eigenvalue weighted by molar-refractivity contribution is 5.41. The maximum atomic E-state index is 5.73. The predicted octanol–water partition coefficient (Wildman–Crippen LogP) is 2.47.